The minimum absolute atomic E-state index is 0.102. The van der Waals surface area contributed by atoms with Crippen LogP contribution in [-0.2, 0) is 11.2 Å². The number of unbranched alkanes of at least 4 members (excludes halogenated alkanes) is 1. The maximum atomic E-state index is 8.88. The molecule has 0 fully saturated rings. The van der Waals surface area contributed by atoms with Gasteiger partial charge in [-0.05, 0) is 30.5 Å². The highest BCUT2D eigenvalue weighted by molar-refractivity contribution is 6.74. The predicted octanol–water partition coefficient (Wildman–Crippen LogP) is 2.51. The van der Waals surface area contributed by atoms with Crippen LogP contribution in [-0.4, -0.2) is 39.5 Å². The Labute approximate surface area is 149 Å². The molecule has 25 heavy (non-hydrogen) atoms. The van der Waals surface area contributed by atoms with E-state index in [1.165, 1.54) is 6.33 Å². The fourth-order valence-corrected chi connectivity index (χ4v) is 2.81. The summed E-state index contributed by atoms with van der Waals surface area (Å²) in [7, 11) is -1.93. The third-order valence-corrected chi connectivity index (χ3v) is 9.04. The first kappa shape index (κ1) is 19.4. The van der Waals surface area contributed by atoms with Crippen molar-refractivity contribution in [3.05, 3.63) is 12.2 Å². The molecule has 3 N–H and O–H groups in total. The Morgan fingerprint density at radius 3 is 2.68 bits per heavy atom. The van der Waals surface area contributed by atoms with Crippen LogP contribution < -0.4 is 5.73 Å². The molecule has 8 heteroatoms. The zero-order valence-electron chi connectivity index (χ0n) is 15.6. The second kappa shape index (κ2) is 7.52. The summed E-state index contributed by atoms with van der Waals surface area (Å²) in [6.45, 7) is 11.4. The molecule has 7 nitrogen and oxygen atoms in total. The maximum absolute atomic E-state index is 8.88. The quantitative estimate of drug-likeness (QED) is 0.482. The van der Waals surface area contributed by atoms with Crippen molar-refractivity contribution in [3.63, 3.8) is 0 Å². The summed E-state index contributed by atoms with van der Waals surface area (Å²) in [5.74, 6) is 6.95. The molecule has 0 aromatic carbocycles. The van der Waals surface area contributed by atoms with E-state index in [-0.39, 0.29) is 11.6 Å². The van der Waals surface area contributed by atoms with E-state index in [4.69, 9.17) is 15.3 Å². The van der Waals surface area contributed by atoms with Crippen molar-refractivity contribution >= 4 is 25.3 Å². The number of rotatable bonds is 5. The van der Waals surface area contributed by atoms with Crippen LogP contribution in [0.5, 0.6) is 0 Å². The van der Waals surface area contributed by atoms with Crippen molar-refractivity contribution in [3.8, 4) is 11.8 Å². The molecule has 136 valence electrons. The van der Waals surface area contributed by atoms with E-state index in [2.05, 4.69) is 60.7 Å². The molecule has 2 heterocycles. The number of hydrogen-bond donors (Lipinski definition) is 2. The van der Waals surface area contributed by atoms with Gasteiger partial charge in [0.25, 0.3) is 0 Å². The van der Waals surface area contributed by atoms with Gasteiger partial charge < -0.3 is 15.3 Å². The zero-order valence-corrected chi connectivity index (χ0v) is 16.6. The summed E-state index contributed by atoms with van der Waals surface area (Å²) in [6.07, 6.45) is 2.66. The number of nitrogen functional groups attached to an aromatic ring is 1. The highest BCUT2D eigenvalue weighted by Gasteiger charge is 2.37. The highest BCUT2D eigenvalue weighted by Crippen LogP contribution is 2.37. The highest BCUT2D eigenvalue weighted by atomic mass is 28.4. The Balaban J connectivity index is 2.38. The molecule has 2 aromatic rings. The number of aliphatic hydroxyl groups is 1. The SMILES string of the molecule is CC(C)(C)[Si](C)(C)OCn1c(C#CCCCO)nc2c(N)ncnc21. The van der Waals surface area contributed by atoms with Crippen molar-refractivity contribution in [2.24, 2.45) is 0 Å². The van der Waals surface area contributed by atoms with Crippen molar-refractivity contribution in [2.75, 3.05) is 12.3 Å². The molecule has 0 atom stereocenters. The van der Waals surface area contributed by atoms with Crippen LogP contribution in [0, 0.1) is 11.8 Å². The summed E-state index contributed by atoms with van der Waals surface area (Å²) >= 11 is 0. The molecule has 0 aliphatic carbocycles. The van der Waals surface area contributed by atoms with E-state index < -0.39 is 8.32 Å². The number of anilines is 1. The van der Waals surface area contributed by atoms with E-state index in [0.717, 1.165) is 0 Å². The molecule has 2 rings (SSSR count). The molecule has 0 spiro atoms. The number of aliphatic hydroxyl groups excluding tert-OH is 1. The van der Waals surface area contributed by atoms with Crippen LogP contribution in [0.2, 0.25) is 18.1 Å². The molecule has 0 unspecified atom stereocenters. The third-order valence-electron chi connectivity index (χ3n) is 4.58. The van der Waals surface area contributed by atoms with Gasteiger partial charge in [0.2, 0.25) is 0 Å². The average molecular weight is 362 g/mol. The standard InChI is InChI=1S/C17H27N5O2Si/c1-17(2,3)25(4,5)24-12-22-13(9-7-6-8-10-23)21-14-15(18)19-11-20-16(14)22/h11,23H,6,8,10,12H2,1-5H3,(H2,18,19,20). The molecule has 0 bridgehead atoms. The molecule has 0 saturated heterocycles. The van der Waals surface area contributed by atoms with E-state index >= 15 is 0 Å². The fraction of sp³-hybridized carbons (Fsp3) is 0.588. The number of aromatic nitrogens is 4. The van der Waals surface area contributed by atoms with Crippen LogP contribution in [0.4, 0.5) is 5.82 Å². The maximum Gasteiger partial charge on any atom is 0.194 e. The van der Waals surface area contributed by atoms with E-state index in [1.54, 1.807) is 0 Å². The molecule has 0 aliphatic heterocycles. The average Bonchev–Trinajstić information content (AvgIpc) is 2.88. The summed E-state index contributed by atoms with van der Waals surface area (Å²) in [5, 5.41) is 8.98. The lowest BCUT2D eigenvalue weighted by Gasteiger charge is -2.36. The van der Waals surface area contributed by atoms with Crippen LogP contribution >= 0.6 is 0 Å². The summed E-state index contributed by atoms with van der Waals surface area (Å²) in [4.78, 5) is 12.8. The Morgan fingerprint density at radius 2 is 2.04 bits per heavy atom. The minimum Gasteiger partial charge on any atom is -0.399 e. The first-order valence-corrected chi connectivity index (χ1v) is 11.3. The number of fused-ring (bicyclic) bond motifs is 1. The normalized spacial score (nSPS) is 12.2. The fourth-order valence-electron chi connectivity index (χ4n) is 1.92. The third kappa shape index (κ3) is 4.37. The number of hydrogen-bond acceptors (Lipinski definition) is 6. The molecule has 0 amide bonds. The molecular weight excluding hydrogens is 334 g/mol. The van der Waals surface area contributed by atoms with Crippen molar-refractivity contribution in [1.82, 2.24) is 19.5 Å². The summed E-state index contributed by atoms with van der Waals surface area (Å²) in [6, 6.07) is 0. The second-order valence-corrected chi connectivity index (χ2v) is 12.3. The van der Waals surface area contributed by atoms with Gasteiger partial charge in [0.15, 0.2) is 31.1 Å². The second-order valence-electron chi connectivity index (χ2n) is 7.46. The number of imidazole rings is 1. The Bertz CT molecular complexity index is 799. The van der Waals surface area contributed by atoms with Crippen LogP contribution in [0.3, 0.4) is 0 Å². The Morgan fingerprint density at radius 1 is 1.32 bits per heavy atom. The van der Waals surface area contributed by atoms with Gasteiger partial charge in [0, 0.05) is 13.0 Å². The van der Waals surface area contributed by atoms with E-state index in [1.807, 2.05) is 4.57 Å². The van der Waals surface area contributed by atoms with Gasteiger partial charge in [-0.2, -0.15) is 0 Å². The number of nitrogens with zero attached hydrogens (tertiary/aromatic N) is 4. The Hall–Kier alpha value is -1.95. The predicted molar refractivity (Wildman–Crippen MR) is 101 cm³/mol. The smallest absolute Gasteiger partial charge is 0.194 e. The van der Waals surface area contributed by atoms with Crippen molar-refractivity contribution in [1.29, 1.82) is 0 Å². The first-order valence-electron chi connectivity index (χ1n) is 8.38. The van der Waals surface area contributed by atoms with Gasteiger partial charge in [-0.3, -0.25) is 4.57 Å². The summed E-state index contributed by atoms with van der Waals surface area (Å²) < 4.78 is 8.15. The monoisotopic (exact) mass is 361 g/mol. The van der Waals surface area contributed by atoms with Crippen LogP contribution in [0.25, 0.3) is 11.2 Å². The van der Waals surface area contributed by atoms with Crippen LogP contribution in [0.1, 0.15) is 39.4 Å². The summed E-state index contributed by atoms with van der Waals surface area (Å²) in [5.41, 5.74) is 7.08. The molecule has 0 saturated carbocycles. The first-order chi connectivity index (χ1) is 11.7. The van der Waals surface area contributed by atoms with Gasteiger partial charge in [-0.25, -0.2) is 15.0 Å². The van der Waals surface area contributed by atoms with Gasteiger partial charge in [-0.15, -0.1) is 0 Å². The van der Waals surface area contributed by atoms with Gasteiger partial charge in [-0.1, -0.05) is 26.7 Å². The molecule has 0 aliphatic rings. The lowest BCUT2D eigenvalue weighted by atomic mass is 10.2. The molecule has 2 aromatic heterocycles. The van der Waals surface area contributed by atoms with Gasteiger partial charge in [0.1, 0.15) is 13.1 Å². The van der Waals surface area contributed by atoms with Gasteiger partial charge >= 0.3 is 0 Å². The lowest BCUT2D eigenvalue weighted by molar-refractivity contribution is 0.215. The van der Waals surface area contributed by atoms with E-state index in [0.29, 0.717) is 42.4 Å². The zero-order chi connectivity index (χ0) is 18.7. The molecule has 0 radical (unpaired) electrons. The largest absolute Gasteiger partial charge is 0.399 e. The lowest BCUT2D eigenvalue weighted by Crippen LogP contribution is -2.41. The minimum atomic E-state index is -1.93. The number of nitrogens with two attached hydrogens (primary N) is 1. The van der Waals surface area contributed by atoms with Crippen molar-refractivity contribution < 1.29 is 9.53 Å². The topological polar surface area (TPSA) is 99.1 Å². The van der Waals surface area contributed by atoms with Crippen molar-refractivity contribution in [2.45, 2.75) is 58.5 Å². The van der Waals surface area contributed by atoms with Gasteiger partial charge in [0.05, 0.1) is 0 Å². The Kier molecular flexibility index (Phi) is 5.82. The van der Waals surface area contributed by atoms with E-state index in [9.17, 15) is 0 Å². The molecular formula is C17H27N5O2Si. The van der Waals surface area contributed by atoms with Crippen LogP contribution in [0.15, 0.2) is 6.33 Å².